The second-order valence-electron chi connectivity index (χ2n) is 6.93. The Hall–Kier alpha value is -2.24. The molecular weight excluding hydrogens is 340 g/mol. The fourth-order valence-corrected chi connectivity index (χ4v) is 3.43. The highest BCUT2D eigenvalue weighted by molar-refractivity contribution is 7.80. The maximum atomic E-state index is 5.67. The number of nitrogens with one attached hydrogen (secondary N) is 2. The number of nitrogens with zero attached hydrogens (tertiary/aromatic N) is 2. The van der Waals surface area contributed by atoms with Crippen LogP contribution in [0.25, 0.3) is 0 Å². The SMILES string of the molecule is C[NH+](C)CCCNC(=S)N1N=C(c2ccccc2)C[C@H]1c1ccccc1. The fourth-order valence-electron chi connectivity index (χ4n) is 3.16. The number of hydrogen-bond donors (Lipinski definition) is 2. The highest BCUT2D eigenvalue weighted by atomic mass is 32.1. The van der Waals surface area contributed by atoms with E-state index in [4.69, 9.17) is 17.3 Å². The zero-order chi connectivity index (χ0) is 18.4. The summed E-state index contributed by atoms with van der Waals surface area (Å²) < 4.78 is 0. The van der Waals surface area contributed by atoms with Gasteiger partial charge in [0.2, 0.25) is 0 Å². The number of thiocarbonyl (C=S) groups is 1. The van der Waals surface area contributed by atoms with Crippen molar-refractivity contribution in [1.82, 2.24) is 10.3 Å². The van der Waals surface area contributed by atoms with Gasteiger partial charge < -0.3 is 10.2 Å². The molecule has 0 saturated heterocycles. The van der Waals surface area contributed by atoms with Crippen LogP contribution in [-0.4, -0.2) is 43.0 Å². The molecule has 1 atom stereocenters. The molecule has 26 heavy (non-hydrogen) atoms. The van der Waals surface area contributed by atoms with Gasteiger partial charge in [-0.3, -0.25) is 0 Å². The third-order valence-corrected chi connectivity index (χ3v) is 4.87. The van der Waals surface area contributed by atoms with E-state index in [-0.39, 0.29) is 6.04 Å². The molecule has 1 aliphatic heterocycles. The van der Waals surface area contributed by atoms with E-state index < -0.39 is 0 Å². The second-order valence-corrected chi connectivity index (χ2v) is 7.32. The first-order valence-electron chi connectivity index (χ1n) is 9.19. The first kappa shape index (κ1) is 18.5. The Labute approximate surface area is 161 Å². The van der Waals surface area contributed by atoms with Crippen LogP contribution in [0.3, 0.4) is 0 Å². The summed E-state index contributed by atoms with van der Waals surface area (Å²) in [6, 6.07) is 21.0. The number of rotatable bonds is 6. The molecule has 2 aromatic rings. The molecular formula is C21H27N4S+. The Kier molecular flexibility index (Phi) is 6.36. The summed E-state index contributed by atoms with van der Waals surface area (Å²) in [4.78, 5) is 1.45. The van der Waals surface area contributed by atoms with E-state index in [0.29, 0.717) is 5.11 Å². The van der Waals surface area contributed by atoms with Crippen LogP contribution in [0, 0.1) is 0 Å². The summed E-state index contributed by atoms with van der Waals surface area (Å²) in [5.41, 5.74) is 3.49. The van der Waals surface area contributed by atoms with E-state index in [0.717, 1.165) is 37.2 Å². The lowest BCUT2D eigenvalue weighted by atomic mass is 9.99. The van der Waals surface area contributed by atoms with Crippen LogP contribution in [0.2, 0.25) is 0 Å². The molecule has 0 radical (unpaired) electrons. The summed E-state index contributed by atoms with van der Waals surface area (Å²) in [5, 5.41) is 10.9. The van der Waals surface area contributed by atoms with E-state index >= 15 is 0 Å². The minimum Gasteiger partial charge on any atom is -0.361 e. The Morgan fingerprint density at radius 2 is 1.77 bits per heavy atom. The van der Waals surface area contributed by atoms with Gasteiger partial charge in [-0.15, -0.1) is 0 Å². The largest absolute Gasteiger partial charge is 0.361 e. The molecule has 0 bridgehead atoms. The molecule has 0 unspecified atom stereocenters. The van der Waals surface area contributed by atoms with Crippen molar-refractivity contribution in [2.24, 2.45) is 5.10 Å². The summed E-state index contributed by atoms with van der Waals surface area (Å²) in [6.45, 7) is 1.99. The Bertz CT molecular complexity index is 743. The van der Waals surface area contributed by atoms with Gasteiger partial charge in [-0.05, 0) is 23.3 Å². The van der Waals surface area contributed by atoms with Crippen molar-refractivity contribution in [3.8, 4) is 0 Å². The predicted molar refractivity (Wildman–Crippen MR) is 112 cm³/mol. The van der Waals surface area contributed by atoms with Gasteiger partial charge in [0.15, 0.2) is 5.11 Å². The van der Waals surface area contributed by atoms with E-state index in [1.54, 1.807) is 0 Å². The highest BCUT2D eigenvalue weighted by Crippen LogP contribution is 2.32. The zero-order valence-electron chi connectivity index (χ0n) is 15.5. The van der Waals surface area contributed by atoms with Gasteiger partial charge in [-0.2, -0.15) is 5.10 Å². The second kappa shape index (κ2) is 8.92. The van der Waals surface area contributed by atoms with Crippen LogP contribution < -0.4 is 10.2 Å². The molecule has 136 valence electrons. The van der Waals surface area contributed by atoms with Crippen molar-refractivity contribution in [1.29, 1.82) is 0 Å². The standard InChI is InChI=1S/C21H26N4S/c1-24(2)15-9-14-22-21(26)25-20(18-12-7-4-8-13-18)16-19(23-25)17-10-5-3-6-11-17/h3-8,10-13,20H,9,14-16H2,1-2H3,(H,22,26)/p+1/t20-/m0/s1. The zero-order valence-corrected chi connectivity index (χ0v) is 16.3. The number of hydrazone groups is 1. The molecule has 0 aromatic heterocycles. The van der Waals surface area contributed by atoms with Crippen molar-refractivity contribution in [2.45, 2.75) is 18.9 Å². The minimum absolute atomic E-state index is 0.144. The Morgan fingerprint density at radius 3 is 2.42 bits per heavy atom. The summed E-state index contributed by atoms with van der Waals surface area (Å²) >= 11 is 5.67. The van der Waals surface area contributed by atoms with E-state index in [1.807, 2.05) is 17.1 Å². The van der Waals surface area contributed by atoms with Gasteiger partial charge in [0.1, 0.15) is 0 Å². The molecule has 0 saturated carbocycles. The molecule has 3 rings (SSSR count). The van der Waals surface area contributed by atoms with E-state index in [9.17, 15) is 0 Å². The molecule has 2 N–H and O–H groups in total. The van der Waals surface area contributed by atoms with Crippen LogP contribution in [0.1, 0.15) is 30.0 Å². The van der Waals surface area contributed by atoms with Crippen molar-refractivity contribution in [3.05, 3.63) is 71.8 Å². The molecule has 0 fully saturated rings. The monoisotopic (exact) mass is 367 g/mol. The molecule has 2 aromatic carbocycles. The molecule has 1 aliphatic rings. The molecule has 0 spiro atoms. The van der Waals surface area contributed by atoms with Crippen LogP contribution in [0.4, 0.5) is 0 Å². The lowest BCUT2D eigenvalue weighted by molar-refractivity contribution is -0.858. The van der Waals surface area contributed by atoms with E-state index in [1.165, 1.54) is 10.5 Å². The van der Waals surface area contributed by atoms with Gasteiger partial charge in [-0.25, -0.2) is 5.01 Å². The van der Waals surface area contributed by atoms with Gasteiger partial charge in [0.25, 0.3) is 0 Å². The Morgan fingerprint density at radius 1 is 1.12 bits per heavy atom. The average molecular weight is 368 g/mol. The van der Waals surface area contributed by atoms with Crippen molar-refractivity contribution < 1.29 is 4.90 Å². The molecule has 5 heteroatoms. The maximum absolute atomic E-state index is 5.67. The third-order valence-electron chi connectivity index (χ3n) is 4.54. The third kappa shape index (κ3) is 4.68. The first-order valence-corrected chi connectivity index (χ1v) is 9.60. The van der Waals surface area contributed by atoms with Crippen molar-refractivity contribution in [2.75, 3.05) is 27.2 Å². The van der Waals surface area contributed by atoms with Crippen molar-refractivity contribution >= 4 is 23.0 Å². The minimum atomic E-state index is 0.144. The molecule has 0 amide bonds. The quantitative estimate of drug-likeness (QED) is 0.607. The fraction of sp³-hybridized carbons (Fsp3) is 0.333. The number of hydrogen-bond acceptors (Lipinski definition) is 2. The van der Waals surface area contributed by atoms with Crippen LogP contribution >= 0.6 is 12.2 Å². The smallest absolute Gasteiger partial charge is 0.190 e. The lowest BCUT2D eigenvalue weighted by Gasteiger charge is -2.25. The highest BCUT2D eigenvalue weighted by Gasteiger charge is 2.31. The van der Waals surface area contributed by atoms with Gasteiger partial charge >= 0.3 is 0 Å². The molecule has 0 aliphatic carbocycles. The van der Waals surface area contributed by atoms with Gasteiger partial charge in [0, 0.05) is 19.4 Å². The normalized spacial score (nSPS) is 16.7. The van der Waals surface area contributed by atoms with E-state index in [2.05, 4.69) is 67.9 Å². The predicted octanol–water partition coefficient (Wildman–Crippen LogP) is 2.25. The maximum Gasteiger partial charge on any atom is 0.190 e. The average Bonchev–Trinajstić information content (AvgIpc) is 3.12. The molecule has 1 heterocycles. The van der Waals surface area contributed by atoms with Crippen LogP contribution in [0.5, 0.6) is 0 Å². The summed E-state index contributed by atoms with van der Waals surface area (Å²) in [6.07, 6.45) is 1.94. The Balaban J connectivity index is 1.75. The van der Waals surface area contributed by atoms with Crippen LogP contribution in [-0.2, 0) is 0 Å². The molecule has 4 nitrogen and oxygen atoms in total. The van der Waals surface area contributed by atoms with Crippen molar-refractivity contribution in [3.63, 3.8) is 0 Å². The number of quaternary nitrogens is 1. The van der Waals surface area contributed by atoms with Gasteiger partial charge in [-0.1, -0.05) is 60.7 Å². The summed E-state index contributed by atoms with van der Waals surface area (Å²) in [7, 11) is 4.33. The summed E-state index contributed by atoms with van der Waals surface area (Å²) in [5.74, 6) is 0. The topological polar surface area (TPSA) is 32.1 Å². The van der Waals surface area contributed by atoms with Gasteiger partial charge in [0.05, 0.1) is 32.4 Å². The number of benzene rings is 2. The lowest BCUT2D eigenvalue weighted by Crippen LogP contribution is -3.05. The van der Waals surface area contributed by atoms with Crippen LogP contribution in [0.15, 0.2) is 65.8 Å². The first-order chi connectivity index (χ1) is 12.6.